The summed E-state index contributed by atoms with van der Waals surface area (Å²) in [6.45, 7) is 1.87. The molecule has 1 unspecified atom stereocenters. The number of methoxy groups -OCH3 is 1. The van der Waals surface area contributed by atoms with Gasteiger partial charge in [0.05, 0.1) is 17.6 Å². The van der Waals surface area contributed by atoms with Crippen LogP contribution in [0.2, 0.25) is 0 Å². The highest BCUT2D eigenvalue weighted by Gasteiger charge is 2.22. The normalized spacial score (nSPS) is 11.5. The second-order valence-electron chi connectivity index (χ2n) is 4.02. The van der Waals surface area contributed by atoms with Gasteiger partial charge in [0.1, 0.15) is 5.75 Å². The van der Waals surface area contributed by atoms with Crippen LogP contribution in [0.1, 0.15) is 30.1 Å². The second kappa shape index (κ2) is 7.22. The van der Waals surface area contributed by atoms with Crippen LogP contribution in [0.4, 0.5) is 5.69 Å². The van der Waals surface area contributed by atoms with Gasteiger partial charge in [0.2, 0.25) is 0 Å². The Bertz CT molecular complexity index is 514. The Labute approximate surface area is 115 Å². The molecule has 0 aromatic heterocycles. The minimum Gasteiger partial charge on any atom is -0.478 e. The molecule has 0 aliphatic rings. The Morgan fingerprint density at radius 1 is 1.50 bits per heavy atom. The van der Waals surface area contributed by atoms with Gasteiger partial charge in [-0.3, -0.25) is 14.9 Å². The Hall–Kier alpha value is -2.44. The van der Waals surface area contributed by atoms with Gasteiger partial charge in [-0.2, -0.15) is 0 Å². The molecule has 1 aromatic rings. The highest BCUT2D eigenvalue weighted by Crippen LogP contribution is 2.24. The van der Waals surface area contributed by atoms with Gasteiger partial charge in [0.15, 0.2) is 12.4 Å². The van der Waals surface area contributed by atoms with E-state index in [2.05, 4.69) is 4.74 Å². The summed E-state index contributed by atoms with van der Waals surface area (Å²) in [5, 5.41) is 10.6. The molecule has 0 saturated carbocycles. The molecule has 0 saturated heterocycles. The maximum absolute atomic E-state index is 11.5. The molecular formula is C13H15NO6. The molecule has 0 spiro atoms. The fraction of sp³-hybridized carbons (Fsp3) is 0.385. The predicted molar refractivity (Wildman–Crippen MR) is 69.8 cm³/mol. The third-order valence-electron chi connectivity index (χ3n) is 2.62. The van der Waals surface area contributed by atoms with E-state index in [0.717, 1.165) is 6.07 Å². The molecule has 1 aromatic carbocycles. The van der Waals surface area contributed by atoms with E-state index in [-0.39, 0.29) is 17.0 Å². The van der Waals surface area contributed by atoms with E-state index in [0.29, 0.717) is 19.1 Å². The fourth-order valence-corrected chi connectivity index (χ4v) is 1.62. The number of nitro benzene ring substituents is 1. The SMILES string of the molecule is CCCC(Oc1ccc([N+](=O)[O-])cc1C=O)C(=O)OC. The zero-order chi connectivity index (χ0) is 15.1. The van der Waals surface area contributed by atoms with Gasteiger partial charge < -0.3 is 9.47 Å². The molecule has 0 bridgehead atoms. The van der Waals surface area contributed by atoms with Gasteiger partial charge in [0.25, 0.3) is 5.69 Å². The zero-order valence-corrected chi connectivity index (χ0v) is 11.2. The van der Waals surface area contributed by atoms with Crippen LogP contribution >= 0.6 is 0 Å². The Morgan fingerprint density at radius 2 is 2.20 bits per heavy atom. The summed E-state index contributed by atoms with van der Waals surface area (Å²) in [6, 6.07) is 3.61. The number of hydrogen-bond donors (Lipinski definition) is 0. The van der Waals surface area contributed by atoms with Crippen molar-refractivity contribution in [1.29, 1.82) is 0 Å². The first-order valence-electron chi connectivity index (χ1n) is 6.01. The molecule has 0 fully saturated rings. The van der Waals surface area contributed by atoms with Crippen LogP contribution in [0.5, 0.6) is 5.75 Å². The van der Waals surface area contributed by atoms with Gasteiger partial charge in [-0.1, -0.05) is 13.3 Å². The van der Waals surface area contributed by atoms with Crippen molar-refractivity contribution in [3.8, 4) is 5.75 Å². The molecule has 0 radical (unpaired) electrons. The lowest BCUT2D eigenvalue weighted by molar-refractivity contribution is -0.384. The summed E-state index contributed by atoms with van der Waals surface area (Å²) >= 11 is 0. The minimum atomic E-state index is -0.842. The molecule has 7 heteroatoms. The van der Waals surface area contributed by atoms with E-state index >= 15 is 0 Å². The van der Waals surface area contributed by atoms with Crippen molar-refractivity contribution in [2.45, 2.75) is 25.9 Å². The highest BCUT2D eigenvalue weighted by atomic mass is 16.6. The van der Waals surface area contributed by atoms with Crippen molar-refractivity contribution in [3.05, 3.63) is 33.9 Å². The van der Waals surface area contributed by atoms with Gasteiger partial charge in [-0.15, -0.1) is 0 Å². The average molecular weight is 281 g/mol. The standard InChI is InChI=1S/C13H15NO6/c1-3-4-12(13(16)19-2)20-11-6-5-10(14(17)18)7-9(11)8-15/h5-8,12H,3-4H2,1-2H3. The van der Waals surface area contributed by atoms with E-state index in [4.69, 9.17) is 4.74 Å². The predicted octanol–water partition coefficient (Wildman–Crippen LogP) is 2.13. The van der Waals surface area contributed by atoms with E-state index < -0.39 is 17.0 Å². The van der Waals surface area contributed by atoms with Crippen molar-refractivity contribution in [1.82, 2.24) is 0 Å². The quantitative estimate of drug-likeness (QED) is 0.329. The molecule has 0 N–H and O–H groups in total. The van der Waals surface area contributed by atoms with E-state index in [1.54, 1.807) is 0 Å². The third kappa shape index (κ3) is 3.78. The number of carbonyl (C=O) groups excluding carboxylic acids is 2. The molecule has 20 heavy (non-hydrogen) atoms. The van der Waals surface area contributed by atoms with Crippen LogP contribution in [0.25, 0.3) is 0 Å². The number of ether oxygens (including phenoxy) is 2. The smallest absolute Gasteiger partial charge is 0.347 e. The summed E-state index contributed by atoms with van der Waals surface area (Å²) in [6.07, 6.45) is 0.707. The van der Waals surface area contributed by atoms with E-state index in [1.807, 2.05) is 6.92 Å². The molecule has 0 aliphatic carbocycles. The van der Waals surface area contributed by atoms with Crippen LogP contribution in [0.15, 0.2) is 18.2 Å². The second-order valence-corrected chi connectivity index (χ2v) is 4.02. The first kappa shape index (κ1) is 15.6. The van der Waals surface area contributed by atoms with Crippen LogP contribution in [0, 0.1) is 10.1 Å². The van der Waals surface area contributed by atoms with Gasteiger partial charge in [0, 0.05) is 12.1 Å². The van der Waals surface area contributed by atoms with E-state index in [9.17, 15) is 19.7 Å². The van der Waals surface area contributed by atoms with Crippen LogP contribution in [-0.4, -0.2) is 30.4 Å². The maximum Gasteiger partial charge on any atom is 0.347 e. The molecule has 7 nitrogen and oxygen atoms in total. The van der Waals surface area contributed by atoms with Crippen molar-refractivity contribution < 1.29 is 24.0 Å². The number of esters is 1. The van der Waals surface area contributed by atoms with E-state index in [1.165, 1.54) is 19.2 Å². The van der Waals surface area contributed by atoms with Gasteiger partial charge >= 0.3 is 5.97 Å². The van der Waals surface area contributed by atoms with Gasteiger partial charge in [-0.25, -0.2) is 4.79 Å². The lowest BCUT2D eigenvalue weighted by atomic mass is 10.1. The Morgan fingerprint density at radius 3 is 2.70 bits per heavy atom. The molecule has 0 aliphatic heterocycles. The first-order chi connectivity index (χ1) is 9.53. The molecule has 1 rings (SSSR count). The van der Waals surface area contributed by atoms with Crippen molar-refractivity contribution >= 4 is 17.9 Å². The zero-order valence-electron chi connectivity index (χ0n) is 11.2. The Balaban J connectivity index is 3.03. The highest BCUT2D eigenvalue weighted by molar-refractivity contribution is 5.81. The number of rotatable bonds is 7. The molecule has 0 heterocycles. The molecule has 108 valence electrons. The largest absolute Gasteiger partial charge is 0.478 e. The van der Waals surface area contributed by atoms with Crippen LogP contribution < -0.4 is 4.74 Å². The van der Waals surface area contributed by atoms with Gasteiger partial charge in [-0.05, 0) is 12.5 Å². The molecule has 0 amide bonds. The summed E-state index contributed by atoms with van der Waals surface area (Å²) < 4.78 is 10.0. The van der Waals surface area contributed by atoms with Crippen LogP contribution in [-0.2, 0) is 9.53 Å². The topological polar surface area (TPSA) is 95.7 Å². The van der Waals surface area contributed by atoms with Crippen LogP contribution in [0.3, 0.4) is 0 Å². The van der Waals surface area contributed by atoms with Crippen molar-refractivity contribution in [2.24, 2.45) is 0 Å². The Kier molecular flexibility index (Phi) is 5.64. The number of aldehydes is 1. The molecular weight excluding hydrogens is 266 g/mol. The number of hydrogen-bond acceptors (Lipinski definition) is 6. The van der Waals surface area contributed by atoms with Crippen molar-refractivity contribution in [2.75, 3.05) is 7.11 Å². The molecule has 1 atom stereocenters. The summed E-state index contributed by atoms with van der Waals surface area (Å²) in [4.78, 5) is 32.5. The average Bonchev–Trinajstić information content (AvgIpc) is 2.45. The lowest BCUT2D eigenvalue weighted by Gasteiger charge is -2.17. The number of non-ortho nitro benzene ring substituents is 1. The minimum absolute atomic E-state index is 0.0178. The third-order valence-corrected chi connectivity index (χ3v) is 2.62. The lowest BCUT2D eigenvalue weighted by Crippen LogP contribution is -2.28. The monoisotopic (exact) mass is 281 g/mol. The first-order valence-corrected chi connectivity index (χ1v) is 6.01. The summed E-state index contributed by atoms with van der Waals surface area (Å²) in [5.74, 6) is -0.434. The maximum atomic E-state index is 11.5. The number of nitro groups is 1. The fourth-order valence-electron chi connectivity index (χ4n) is 1.62. The number of benzene rings is 1. The number of carbonyl (C=O) groups is 2. The summed E-state index contributed by atoms with van der Waals surface area (Å²) in [7, 11) is 1.24. The summed E-state index contributed by atoms with van der Waals surface area (Å²) in [5.41, 5.74) is -0.200. The van der Waals surface area contributed by atoms with Crippen molar-refractivity contribution in [3.63, 3.8) is 0 Å². The number of nitrogens with zero attached hydrogens (tertiary/aromatic N) is 1.